The molecule has 1 fully saturated rings. The van der Waals surface area contributed by atoms with Crippen molar-refractivity contribution in [2.45, 2.75) is 32.6 Å². The van der Waals surface area contributed by atoms with Crippen LogP contribution < -0.4 is 9.47 Å². The third-order valence-corrected chi connectivity index (χ3v) is 5.00. The molecule has 1 aromatic heterocycles. The van der Waals surface area contributed by atoms with Crippen molar-refractivity contribution >= 4 is 11.3 Å². The van der Waals surface area contributed by atoms with Gasteiger partial charge in [-0.05, 0) is 32.0 Å². The topological polar surface area (TPSA) is 43.8 Å². The van der Waals surface area contributed by atoms with Gasteiger partial charge in [-0.3, -0.25) is 4.90 Å². The van der Waals surface area contributed by atoms with E-state index in [0.717, 1.165) is 47.4 Å². The predicted molar refractivity (Wildman–Crippen MR) is 95.9 cm³/mol. The average molecular weight is 348 g/mol. The van der Waals surface area contributed by atoms with Gasteiger partial charge in [-0.25, -0.2) is 4.98 Å². The monoisotopic (exact) mass is 348 g/mol. The van der Waals surface area contributed by atoms with Crippen molar-refractivity contribution in [3.8, 4) is 22.1 Å². The van der Waals surface area contributed by atoms with Crippen molar-refractivity contribution < 1.29 is 14.2 Å². The summed E-state index contributed by atoms with van der Waals surface area (Å²) in [6.07, 6.45) is 0.551. The van der Waals surface area contributed by atoms with E-state index >= 15 is 0 Å². The highest BCUT2D eigenvalue weighted by atomic mass is 32.1. The largest absolute Gasteiger partial charge is 0.493 e. The van der Waals surface area contributed by atoms with Crippen LogP contribution in [0.2, 0.25) is 0 Å². The van der Waals surface area contributed by atoms with Crippen molar-refractivity contribution in [2.75, 3.05) is 27.3 Å². The predicted octanol–water partition coefficient (Wildman–Crippen LogP) is 3.44. The second-order valence-corrected chi connectivity index (χ2v) is 7.02. The summed E-state index contributed by atoms with van der Waals surface area (Å²) < 4.78 is 16.5. The van der Waals surface area contributed by atoms with E-state index in [2.05, 4.69) is 24.1 Å². The van der Waals surface area contributed by atoms with Crippen LogP contribution in [0.25, 0.3) is 10.6 Å². The summed E-state index contributed by atoms with van der Waals surface area (Å²) in [5.41, 5.74) is 2.15. The number of nitrogens with zero attached hydrogens (tertiary/aromatic N) is 2. The lowest BCUT2D eigenvalue weighted by atomic mass is 10.2. The standard InChI is InChI=1S/C18H24N2O3S/c1-12-8-20(9-13(2)23-12)10-15-11-24-18(19-15)14-5-6-16(21-3)17(7-14)22-4/h5-7,11-13H,8-10H2,1-4H3/t12-,13-/m0/s1. The first-order valence-electron chi connectivity index (χ1n) is 8.13. The van der Waals surface area contributed by atoms with Gasteiger partial charge in [0.15, 0.2) is 11.5 Å². The number of rotatable bonds is 5. The van der Waals surface area contributed by atoms with E-state index in [1.54, 1.807) is 25.6 Å². The highest BCUT2D eigenvalue weighted by Crippen LogP contribution is 2.33. The van der Waals surface area contributed by atoms with Crippen molar-refractivity contribution in [1.29, 1.82) is 0 Å². The Bertz CT molecular complexity index is 679. The Balaban J connectivity index is 1.73. The average Bonchev–Trinajstić information content (AvgIpc) is 3.01. The van der Waals surface area contributed by atoms with Crippen molar-refractivity contribution in [2.24, 2.45) is 0 Å². The molecule has 6 heteroatoms. The molecule has 0 saturated carbocycles. The molecule has 0 aliphatic carbocycles. The number of benzene rings is 1. The lowest BCUT2D eigenvalue weighted by molar-refractivity contribution is -0.0707. The van der Waals surface area contributed by atoms with E-state index in [-0.39, 0.29) is 12.2 Å². The van der Waals surface area contributed by atoms with E-state index < -0.39 is 0 Å². The van der Waals surface area contributed by atoms with Crippen LogP contribution in [0.4, 0.5) is 0 Å². The Labute approximate surface area is 147 Å². The van der Waals surface area contributed by atoms with Gasteiger partial charge < -0.3 is 14.2 Å². The van der Waals surface area contributed by atoms with Crippen LogP contribution in [0.3, 0.4) is 0 Å². The number of thiazole rings is 1. The van der Waals surface area contributed by atoms with E-state index in [1.165, 1.54) is 0 Å². The molecule has 1 saturated heterocycles. The summed E-state index contributed by atoms with van der Waals surface area (Å²) in [4.78, 5) is 7.20. The minimum absolute atomic E-state index is 0.276. The van der Waals surface area contributed by atoms with Crippen molar-refractivity contribution in [1.82, 2.24) is 9.88 Å². The maximum Gasteiger partial charge on any atom is 0.161 e. The van der Waals surface area contributed by atoms with Gasteiger partial charge in [0, 0.05) is 30.6 Å². The molecule has 130 valence electrons. The molecular formula is C18H24N2O3S. The number of morpholine rings is 1. The minimum Gasteiger partial charge on any atom is -0.493 e. The van der Waals surface area contributed by atoms with Gasteiger partial charge in [0.25, 0.3) is 0 Å². The molecule has 0 radical (unpaired) electrons. The molecule has 0 bridgehead atoms. The Morgan fingerprint density at radius 2 is 1.88 bits per heavy atom. The molecule has 2 atom stereocenters. The molecule has 0 N–H and O–H groups in total. The second-order valence-electron chi connectivity index (χ2n) is 6.17. The van der Waals surface area contributed by atoms with Gasteiger partial charge in [0.1, 0.15) is 5.01 Å². The molecule has 24 heavy (non-hydrogen) atoms. The van der Waals surface area contributed by atoms with Crippen molar-refractivity contribution in [3.63, 3.8) is 0 Å². The Morgan fingerprint density at radius 3 is 2.54 bits per heavy atom. The van der Waals surface area contributed by atoms with Crippen LogP contribution in [0.1, 0.15) is 19.5 Å². The lowest BCUT2D eigenvalue weighted by Gasteiger charge is -2.34. The van der Waals surface area contributed by atoms with Crippen LogP contribution in [0, 0.1) is 0 Å². The smallest absolute Gasteiger partial charge is 0.161 e. The molecule has 5 nitrogen and oxygen atoms in total. The van der Waals surface area contributed by atoms with Gasteiger partial charge in [-0.15, -0.1) is 11.3 Å². The third-order valence-electron chi connectivity index (χ3n) is 4.06. The van der Waals surface area contributed by atoms with Gasteiger partial charge in [0.2, 0.25) is 0 Å². The number of aromatic nitrogens is 1. The molecule has 2 aromatic rings. The Kier molecular flexibility index (Phi) is 5.38. The summed E-state index contributed by atoms with van der Waals surface area (Å²) in [6, 6.07) is 5.91. The summed E-state index contributed by atoms with van der Waals surface area (Å²) in [5, 5.41) is 3.14. The van der Waals surface area contributed by atoms with Gasteiger partial charge in [0.05, 0.1) is 32.1 Å². The van der Waals surface area contributed by atoms with Crippen LogP contribution in [-0.2, 0) is 11.3 Å². The maximum atomic E-state index is 5.79. The number of hydrogen-bond acceptors (Lipinski definition) is 6. The molecule has 1 aliphatic heterocycles. The van der Waals surface area contributed by atoms with Gasteiger partial charge in [-0.1, -0.05) is 0 Å². The summed E-state index contributed by atoms with van der Waals surface area (Å²) in [5.74, 6) is 1.46. The SMILES string of the molecule is COc1ccc(-c2nc(CN3C[C@H](C)O[C@@H](C)C3)cs2)cc1OC. The van der Waals surface area contributed by atoms with Gasteiger partial charge >= 0.3 is 0 Å². The van der Waals surface area contributed by atoms with E-state index in [4.69, 9.17) is 19.2 Å². The molecule has 1 aliphatic rings. The summed E-state index contributed by atoms with van der Waals surface area (Å²) >= 11 is 1.66. The normalized spacial score (nSPS) is 21.7. The third kappa shape index (κ3) is 3.88. The van der Waals surface area contributed by atoms with Crippen LogP contribution in [0.15, 0.2) is 23.6 Å². The fraction of sp³-hybridized carbons (Fsp3) is 0.500. The minimum atomic E-state index is 0.276. The summed E-state index contributed by atoms with van der Waals surface area (Å²) in [7, 11) is 3.29. The van der Waals surface area contributed by atoms with Gasteiger partial charge in [-0.2, -0.15) is 0 Å². The highest BCUT2D eigenvalue weighted by Gasteiger charge is 2.22. The zero-order valence-corrected chi connectivity index (χ0v) is 15.4. The van der Waals surface area contributed by atoms with E-state index in [0.29, 0.717) is 0 Å². The molecule has 0 amide bonds. The fourth-order valence-electron chi connectivity index (χ4n) is 3.12. The number of methoxy groups -OCH3 is 2. The molecule has 1 aromatic carbocycles. The molecule has 0 unspecified atom stereocenters. The molecule has 2 heterocycles. The molecule has 0 spiro atoms. The van der Waals surface area contributed by atoms with E-state index in [9.17, 15) is 0 Å². The Hall–Kier alpha value is -1.63. The first kappa shape index (κ1) is 17.2. The Morgan fingerprint density at radius 1 is 1.17 bits per heavy atom. The van der Waals surface area contributed by atoms with E-state index in [1.807, 2.05) is 18.2 Å². The number of ether oxygens (including phenoxy) is 3. The van der Waals surface area contributed by atoms with Crippen molar-refractivity contribution in [3.05, 3.63) is 29.3 Å². The maximum absolute atomic E-state index is 5.79. The fourth-order valence-corrected chi connectivity index (χ4v) is 3.93. The highest BCUT2D eigenvalue weighted by molar-refractivity contribution is 7.13. The zero-order valence-electron chi connectivity index (χ0n) is 14.6. The second kappa shape index (κ2) is 7.51. The summed E-state index contributed by atoms with van der Waals surface area (Å²) in [6.45, 7) is 7.01. The van der Waals surface area contributed by atoms with Crippen LogP contribution >= 0.6 is 11.3 Å². The first-order chi connectivity index (χ1) is 11.6. The molecular weight excluding hydrogens is 324 g/mol. The zero-order chi connectivity index (χ0) is 17.1. The van der Waals surface area contributed by atoms with Crippen LogP contribution in [0.5, 0.6) is 11.5 Å². The first-order valence-corrected chi connectivity index (χ1v) is 9.01. The van der Waals surface area contributed by atoms with Crippen LogP contribution in [-0.4, -0.2) is 49.4 Å². The lowest BCUT2D eigenvalue weighted by Crippen LogP contribution is -2.44. The molecule has 3 rings (SSSR count). The number of hydrogen-bond donors (Lipinski definition) is 0. The quantitative estimate of drug-likeness (QED) is 0.828.